The van der Waals surface area contributed by atoms with Crippen LogP contribution in [-0.2, 0) is 11.3 Å². The molecule has 0 aliphatic carbocycles. The molecule has 7 nitrogen and oxygen atoms in total. The van der Waals surface area contributed by atoms with E-state index in [4.69, 9.17) is 9.47 Å². The van der Waals surface area contributed by atoms with Crippen LogP contribution in [0.5, 0.6) is 5.75 Å². The molecule has 0 radical (unpaired) electrons. The van der Waals surface area contributed by atoms with Crippen LogP contribution in [-0.4, -0.2) is 27.7 Å². The number of fused-ring (bicyclic) bond motifs is 1. The number of hydrogen-bond acceptors (Lipinski definition) is 7. The first-order valence-electron chi connectivity index (χ1n) is 7.69. The summed E-state index contributed by atoms with van der Waals surface area (Å²) in [5.41, 5.74) is 0.507. The van der Waals surface area contributed by atoms with Crippen LogP contribution >= 0.6 is 11.3 Å². The highest BCUT2D eigenvalue weighted by atomic mass is 32.1. The van der Waals surface area contributed by atoms with Crippen LogP contribution in [0.25, 0.3) is 4.96 Å². The second kappa shape index (κ2) is 7.02. The highest BCUT2D eigenvalue weighted by Gasteiger charge is 2.13. The van der Waals surface area contributed by atoms with Gasteiger partial charge in [0.25, 0.3) is 5.56 Å². The van der Waals surface area contributed by atoms with Crippen molar-refractivity contribution in [2.45, 2.75) is 26.4 Å². The molecule has 3 rings (SSSR count). The third-order valence-electron chi connectivity index (χ3n) is 3.48. The molecule has 0 fully saturated rings. The van der Waals surface area contributed by atoms with Gasteiger partial charge in [0.05, 0.1) is 18.4 Å². The van der Waals surface area contributed by atoms with Crippen molar-refractivity contribution in [1.29, 1.82) is 0 Å². The van der Waals surface area contributed by atoms with E-state index in [1.54, 1.807) is 31.4 Å². The predicted octanol–water partition coefficient (Wildman–Crippen LogP) is 2.64. The van der Waals surface area contributed by atoms with Crippen LogP contribution in [0.3, 0.4) is 0 Å². The maximum atomic E-state index is 12.1. The van der Waals surface area contributed by atoms with Crippen molar-refractivity contribution in [3.63, 3.8) is 0 Å². The van der Waals surface area contributed by atoms with Gasteiger partial charge in [0.15, 0.2) is 0 Å². The number of esters is 1. The van der Waals surface area contributed by atoms with Crippen LogP contribution in [0.4, 0.5) is 0 Å². The Morgan fingerprint density at radius 1 is 1.28 bits per heavy atom. The Bertz CT molecular complexity index is 960. The lowest BCUT2D eigenvalue weighted by Crippen LogP contribution is -2.16. The minimum atomic E-state index is -0.489. The lowest BCUT2D eigenvalue weighted by molar-refractivity contribution is 0.0467. The number of hydrogen-bond donors (Lipinski definition) is 0. The molecule has 2 aromatic heterocycles. The molecular formula is C17H17N3O4S. The van der Waals surface area contributed by atoms with Crippen molar-refractivity contribution >= 4 is 22.3 Å². The van der Waals surface area contributed by atoms with Crippen LogP contribution in [0.2, 0.25) is 0 Å². The van der Waals surface area contributed by atoms with Gasteiger partial charge in [-0.3, -0.25) is 4.79 Å². The Morgan fingerprint density at radius 3 is 2.64 bits per heavy atom. The molecule has 0 N–H and O–H groups in total. The second-order valence-corrected chi connectivity index (χ2v) is 6.67. The smallest absolute Gasteiger partial charge is 0.338 e. The van der Waals surface area contributed by atoms with Crippen molar-refractivity contribution in [2.75, 3.05) is 7.11 Å². The number of nitrogens with zero attached hydrogens (tertiary/aromatic N) is 3. The number of benzene rings is 1. The molecule has 0 amide bonds. The third kappa shape index (κ3) is 3.69. The third-order valence-corrected chi connectivity index (χ3v) is 4.69. The van der Waals surface area contributed by atoms with Crippen molar-refractivity contribution in [2.24, 2.45) is 0 Å². The Hall–Kier alpha value is -2.74. The molecule has 0 spiro atoms. The molecule has 2 heterocycles. The van der Waals surface area contributed by atoms with Gasteiger partial charge >= 0.3 is 5.97 Å². The summed E-state index contributed by atoms with van der Waals surface area (Å²) < 4.78 is 11.6. The van der Waals surface area contributed by atoms with Gasteiger partial charge in [-0.25, -0.2) is 9.78 Å². The van der Waals surface area contributed by atoms with E-state index in [1.807, 2.05) is 13.8 Å². The molecule has 1 aromatic carbocycles. The molecule has 0 saturated heterocycles. The first kappa shape index (κ1) is 17.1. The molecule has 0 saturated carbocycles. The SMILES string of the molecule is COc1ccc(C(=O)OCc2cc(=O)n3nc(C(C)C)sc3n2)cc1. The second-order valence-electron chi connectivity index (χ2n) is 5.68. The number of carbonyl (C=O) groups excluding carboxylic acids is 1. The molecule has 130 valence electrons. The van der Waals surface area contributed by atoms with Crippen molar-refractivity contribution in [3.8, 4) is 5.75 Å². The maximum absolute atomic E-state index is 12.1. The summed E-state index contributed by atoms with van der Waals surface area (Å²) in [7, 11) is 1.55. The zero-order valence-electron chi connectivity index (χ0n) is 14.1. The number of rotatable bonds is 5. The standard InChI is InChI=1S/C17H17N3O4S/c1-10(2)15-19-20-14(21)8-12(18-17(20)25-15)9-24-16(22)11-4-6-13(23-3)7-5-11/h4-8,10H,9H2,1-3H3. The fourth-order valence-corrected chi connectivity index (χ4v) is 3.05. The molecule has 3 aromatic rings. The first-order valence-corrected chi connectivity index (χ1v) is 8.50. The van der Waals surface area contributed by atoms with E-state index in [0.717, 1.165) is 5.01 Å². The van der Waals surface area contributed by atoms with E-state index in [9.17, 15) is 9.59 Å². The van der Waals surface area contributed by atoms with E-state index in [1.165, 1.54) is 21.9 Å². The lowest BCUT2D eigenvalue weighted by Gasteiger charge is -2.05. The van der Waals surface area contributed by atoms with Crippen LogP contribution < -0.4 is 10.3 Å². The van der Waals surface area contributed by atoms with Crippen LogP contribution in [0, 0.1) is 0 Å². The zero-order valence-corrected chi connectivity index (χ0v) is 14.9. The van der Waals surface area contributed by atoms with Crippen molar-refractivity contribution in [1.82, 2.24) is 14.6 Å². The molecule has 0 bridgehead atoms. The molecule has 25 heavy (non-hydrogen) atoms. The zero-order chi connectivity index (χ0) is 18.0. The summed E-state index contributed by atoms with van der Waals surface area (Å²) in [6.07, 6.45) is 0. The molecule has 0 unspecified atom stereocenters. The largest absolute Gasteiger partial charge is 0.497 e. The van der Waals surface area contributed by atoms with E-state index in [-0.39, 0.29) is 18.1 Å². The van der Waals surface area contributed by atoms with Crippen molar-refractivity contribution in [3.05, 3.63) is 57.0 Å². The molecule has 0 aliphatic rings. The average molecular weight is 359 g/mol. The van der Waals surface area contributed by atoms with Gasteiger partial charge in [-0.1, -0.05) is 25.2 Å². The predicted molar refractivity (Wildman–Crippen MR) is 93.3 cm³/mol. The Balaban J connectivity index is 1.76. The van der Waals surface area contributed by atoms with Gasteiger partial charge in [-0.05, 0) is 24.3 Å². The summed E-state index contributed by atoms with van der Waals surface area (Å²) >= 11 is 1.35. The summed E-state index contributed by atoms with van der Waals surface area (Å²) in [6, 6.07) is 7.92. The first-order chi connectivity index (χ1) is 12.0. The van der Waals surface area contributed by atoms with Crippen molar-refractivity contribution < 1.29 is 14.3 Å². The van der Waals surface area contributed by atoms with Gasteiger partial charge in [0.1, 0.15) is 17.4 Å². The minimum absolute atomic E-state index is 0.0779. The number of carbonyl (C=O) groups is 1. The fraction of sp³-hybridized carbons (Fsp3) is 0.294. The highest BCUT2D eigenvalue weighted by Crippen LogP contribution is 2.20. The van der Waals surface area contributed by atoms with E-state index < -0.39 is 5.97 Å². The summed E-state index contributed by atoms with van der Waals surface area (Å²) in [5.74, 6) is 0.377. The van der Waals surface area contributed by atoms with E-state index in [0.29, 0.717) is 22.0 Å². The van der Waals surface area contributed by atoms with E-state index >= 15 is 0 Å². The average Bonchev–Trinajstić information content (AvgIpc) is 3.05. The molecule has 0 atom stereocenters. The van der Waals surface area contributed by atoms with Crippen LogP contribution in [0.15, 0.2) is 35.1 Å². The lowest BCUT2D eigenvalue weighted by atomic mass is 10.2. The monoisotopic (exact) mass is 359 g/mol. The molecule has 0 aliphatic heterocycles. The number of methoxy groups -OCH3 is 1. The number of ether oxygens (including phenoxy) is 2. The number of aromatic nitrogens is 3. The normalized spacial score (nSPS) is 11.0. The van der Waals surface area contributed by atoms with E-state index in [2.05, 4.69) is 10.1 Å². The van der Waals surface area contributed by atoms with Gasteiger partial charge in [0.2, 0.25) is 4.96 Å². The van der Waals surface area contributed by atoms with Gasteiger partial charge in [-0.2, -0.15) is 9.61 Å². The maximum Gasteiger partial charge on any atom is 0.338 e. The Morgan fingerprint density at radius 2 is 2.00 bits per heavy atom. The Labute approximate surface area is 147 Å². The summed E-state index contributed by atoms with van der Waals surface area (Å²) in [4.78, 5) is 29.1. The van der Waals surface area contributed by atoms with Gasteiger partial charge in [0, 0.05) is 12.0 Å². The summed E-state index contributed by atoms with van der Waals surface area (Å²) in [6.45, 7) is 3.92. The van der Waals surface area contributed by atoms with Crippen LogP contribution in [0.1, 0.15) is 40.8 Å². The summed E-state index contributed by atoms with van der Waals surface area (Å²) in [5, 5.41) is 5.08. The molecule has 8 heteroatoms. The Kier molecular flexibility index (Phi) is 4.80. The topological polar surface area (TPSA) is 82.8 Å². The quantitative estimate of drug-likeness (QED) is 0.651. The molecular weight excluding hydrogens is 342 g/mol. The fourth-order valence-electron chi connectivity index (χ4n) is 2.13. The highest BCUT2D eigenvalue weighted by molar-refractivity contribution is 7.16. The van der Waals surface area contributed by atoms with Gasteiger partial charge < -0.3 is 9.47 Å². The minimum Gasteiger partial charge on any atom is -0.497 e. The van der Waals surface area contributed by atoms with Gasteiger partial charge in [-0.15, -0.1) is 0 Å².